The molecule has 0 aliphatic carbocycles. The highest BCUT2D eigenvalue weighted by atomic mass is 32.2. The van der Waals surface area contributed by atoms with Crippen LogP contribution in [0.5, 0.6) is 0 Å². The summed E-state index contributed by atoms with van der Waals surface area (Å²) in [6, 6.07) is 0. The summed E-state index contributed by atoms with van der Waals surface area (Å²) >= 11 is 1.47. The lowest BCUT2D eigenvalue weighted by molar-refractivity contribution is -0.143. The van der Waals surface area contributed by atoms with Gasteiger partial charge in [0.15, 0.2) is 0 Å². The van der Waals surface area contributed by atoms with Gasteiger partial charge >= 0.3 is 5.97 Å². The molecule has 6 nitrogen and oxygen atoms in total. The minimum absolute atomic E-state index is 0.00763. The number of nitrogens with zero attached hydrogens (tertiary/aromatic N) is 1. The second-order valence-corrected chi connectivity index (χ2v) is 7.13. The molecular formula is C13H22N2O4S. The first-order chi connectivity index (χ1) is 9.19. The third kappa shape index (κ3) is 5.81. The summed E-state index contributed by atoms with van der Waals surface area (Å²) in [7, 11) is 0. The minimum Gasteiger partial charge on any atom is -0.481 e. The van der Waals surface area contributed by atoms with Gasteiger partial charge in [-0.3, -0.25) is 14.4 Å². The Morgan fingerprint density at radius 2 is 2.10 bits per heavy atom. The number of nitrogens with one attached hydrogen (secondary N) is 1. The highest BCUT2D eigenvalue weighted by molar-refractivity contribution is 8.00. The molecular weight excluding hydrogens is 280 g/mol. The number of carboxylic acid groups (broad SMARTS) is 1. The molecule has 0 aromatic carbocycles. The Balaban J connectivity index is 2.40. The van der Waals surface area contributed by atoms with Crippen LogP contribution in [0.15, 0.2) is 0 Å². The molecule has 1 unspecified atom stereocenters. The van der Waals surface area contributed by atoms with E-state index in [-0.39, 0.29) is 30.3 Å². The van der Waals surface area contributed by atoms with Crippen LogP contribution >= 0.6 is 11.8 Å². The maximum Gasteiger partial charge on any atom is 0.308 e. The first kappa shape index (κ1) is 16.8. The monoisotopic (exact) mass is 302 g/mol. The molecule has 114 valence electrons. The van der Waals surface area contributed by atoms with Crippen LogP contribution in [-0.4, -0.2) is 52.5 Å². The van der Waals surface area contributed by atoms with E-state index in [1.807, 2.05) is 20.8 Å². The summed E-state index contributed by atoms with van der Waals surface area (Å²) in [5.41, 5.74) is -0.116. The van der Waals surface area contributed by atoms with Crippen LogP contribution in [-0.2, 0) is 14.4 Å². The van der Waals surface area contributed by atoms with Crippen LogP contribution in [0.2, 0.25) is 0 Å². The Bertz CT molecular complexity index is 392. The number of carboxylic acids is 1. The van der Waals surface area contributed by atoms with Crippen molar-refractivity contribution in [2.75, 3.05) is 24.7 Å². The molecule has 1 aliphatic rings. The van der Waals surface area contributed by atoms with Gasteiger partial charge in [0.25, 0.3) is 0 Å². The van der Waals surface area contributed by atoms with Gasteiger partial charge in [0.2, 0.25) is 11.8 Å². The van der Waals surface area contributed by atoms with Gasteiger partial charge in [-0.05, 0) is 11.8 Å². The third-order valence-corrected chi connectivity index (χ3v) is 3.86. The molecule has 2 N–H and O–H groups in total. The Morgan fingerprint density at radius 3 is 2.55 bits per heavy atom. The predicted octanol–water partition coefficient (Wildman–Crippen LogP) is 0.773. The van der Waals surface area contributed by atoms with Crippen molar-refractivity contribution in [3.05, 3.63) is 0 Å². The molecule has 0 spiro atoms. The maximum absolute atomic E-state index is 11.7. The highest BCUT2D eigenvalue weighted by Gasteiger charge is 2.26. The molecule has 0 aromatic rings. The number of amides is 2. The topological polar surface area (TPSA) is 86.7 Å². The van der Waals surface area contributed by atoms with Crippen LogP contribution in [0.4, 0.5) is 0 Å². The largest absolute Gasteiger partial charge is 0.481 e. The number of carbonyl (C=O) groups excluding carboxylic acids is 2. The average molecular weight is 302 g/mol. The van der Waals surface area contributed by atoms with E-state index in [0.29, 0.717) is 18.1 Å². The fourth-order valence-corrected chi connectivity index (χ4v) is 2.90. The zero-order chi connectivity index (χ0) is 15.3. The fraction of sp³-hybridized carbons (Fsp3) is 0.769. The number of thioether (sulfide) groups is 1. The van der Waals surface area contributed by atoms with Gasteiger partial charge in [-0.1, -0.05) is 20.8 Å². The number of aliphatic carboxylic acids is 1. The number of carbonyl (C=O) groups is 3. The molecule has 7 heteroatoms. The maximum atomic E-state index is 11.7. The molecule has 1 fully saturated rings. The summed E-state index contributed by atoms with van der Waals surface area (Å²) in [5, 5.41) is 11.8. The number of hydrogen-bond donors (Lipinski definition) is 2. The second kappa shape index (κ2) is 6.97. The molecule has 20 heavy (non-hydrogen) atoms. The lowest BCUT2D eigenvalue weighted by atomic mass is 9.84. The van der Waals surface area contributed by atoms with Gasteiger partial charge in [0, 0.05) is 6.54 Å². The Hall–Kier alpha value is -1.24. The van der Waals surface area contributed by atoms with Crippen LogP contribution in [0.1, 0.15) is 27.2 Å². The molecule has 1 aliphatic heterocycles. The van der Waals surface area contributed by atoms with Gasteiger partial charge in [-0.25, -0.2) is 0 Å². The van der Waals surface area contributed by atoms with Crippen molar-refractivity contribution in [2.45, 2.75) is 27.2 Å². The van der Waals surface area contributed by atoms with Crippen LogP contribution in [0.3, 0.4) is 0 Å². The van der Waals surface area contributed by atoms with Gasteiger partial charge in [0.05, 0.1) is 17.5 Å². The van der Waals surface area contributed by atoms with Crippen LogP contribution in [0, 0.1) is 11.3 Å². The van der Waals surface area contributed by atoms with E-state index in [9.17, 15) is 14.4 Å². The SMILES string of the molecule is CC(C)(C)CC(CNC(=O)CN1CSCC1=O)C(=O)O. The number of rotatable bonds is 6. The highest BCUT2D eigenvalue weighted by Crippen LogP contribution is 2.24. The van der Waals surface area contributed by atoms with Gasteiger partial charge in [-0.2, -0.15) is 0 Å². The standard InChI is InChI=1S/C13H22N2O4S/c1-13(2,3)4-9(12(18)19)5-14-10(16)6-15-8-20-7-11(15)17/h9H,4-8H2,1-3H3,(H,14,16)(H,18,19). The molecule has 0 radical (unpaired) electrons. The van der Waals surface area contributed by atoms with E-state index in [1.165, 1.54) is 16.7 Å². The molecule has 0 aromatic heterocycles. The first-order valence-corrected chi connectivity index (χ1v) is 7.69. The summed E-state index contributed by atoms with van der Waals surface area (Å²) in [6.45, 7) is 5.99. The van der Waals surface area contributed by atoms with Gasteiger partial charge < -0.3 is 15.3 Å². The average Bonchev–Trinajstić information content (AvgIpc) is 2.68. The van der Waals surface area contributed by atoms with Crippen molar-refractivity contribution in [1.29, 1.82) is 0 Å². The van der Waals surface area contributed by atoms with E-state index >= 15 is 0 Å². The zero-order valence-corrected chi connectivity index (χ0v) is 13.0. The summed E-state index contributed by atoms with van der Waals surface area (Å²) < 4.78 is 0. The first-order valence-electron chi connectivity index (χ1n) is 6.54. The normalized spacial score (nSPS) is 17.1. The second-order valence-electron chi connectivity index (χ2n) is 6.17. The van der Waals surface area contributed by atoms with E-state index in [2.05, 4.69) is 5.32 Å². The smallest absolute Gasteiger partial charge is 0.308 e. The van der Waals surface area contributed by atoms with Crippen molar-refractivity contribution in [1.82, 2.24) is 10.2 Å². The molecule has 1 heterocycles. The Kier molecular flexibility index (Phi) is 5.86. The zero-order valence-electron chi connectivity index (χ0n) is 12.1. The molecule has 2 amide bonds. The van der Waals surface area contributed by atoms with Crippen molar-refractivity contribution < 1.29 is 19.5 Å². The number of hydrogen-bond acceptors (Lipinski definition) is 4. The van der Waals surface area contributed by atoms with Crippen molar-refractivity contribution in [3.8, 4) is 0 Å². The Labute approximate surface area is 123 Å². The quantitative estimate of drug-likeness (QED) is 0.757. The van der Waals surface area contributed by atoms with Gasteiger partial charge in [-0.15, -0.1) is 11.8 Å². The van der Waals surface area contributed by atoms with E-state index in [1.54, 1.807) is 0 Å². The van der Waals surface area contributed by atoms with Crippen molar-refractivity contribution in [3.63, 3.8) is 0 Å². The fourth-order valence-electron chi connectivity index (χ4n) is 1.99. The third-order valence-electron chi connectivity index (χ3n) is 2.91. The van der Waals surface area contributed by atoms with Gasteiger partial charge in [0.1, 0.15) is 6.54 Å². The lowest BCUT2D eigenvalue weighted by Gasteiger charge is -2.23. The summed E-state index contributed by atoms with van der Waals surface area (Å²) in [6.07, 6.45) is 0.487. The van der Waals surface area contributed by atoms with Crippen LogP contribution in [0.25, 0.3) is 0 Å². The van der Waals surface area contributed by atoms with Crippen LogP contribution < -0.4 is 5.32 Å². The summed E-state index contributed by atoms with van der Waals surface area (Å²) in [5.74, 6) is -0.933. The molecule has 1 rings (SSSR count). The van der Waals surface area contributed by atoms with Crippen molar-refractivity contribution >= 4 is 29.5 Å². The molecule has 0 saturated carbocycles. The van der Waals surface area contributed by atoms with E-state index in [0.717, 1.165) is 0 Å². The van der Waals surface area contributed by atoms with Crippen molar-refractivity contribution in [2.24, 2.45) is 11.3 Å². The minimum atomic E-state index is -0.909. The summed E-state index contributed by atoms with van der Waals surface area (Å²) in [4.78, 5) is 35.7. The Morgan fingerprint density at radius 1 is 1.45 bits per heavy atom. The predicted molar refractivity (Wildman–Crippen MR) is 77.2 cm³/mol. The molecule has 1 saturated heterocycles. The van der Waals surface area contributed by atoms with E-state index < -0.39 is 11.9 Å². The van der Waals surface area contributed by atoms with E-state index in [4.69, 9.17) is 5.11 Å². The molecule has 1 atom stereocenters. The molecule has 0 bridgehead atoms. The lowest BCUT2D eigenvalue weighted by Crippen LogP contribution is -2.41.